The van der Waals surface area contributed by atoms with Gasteiger partial charge in [0, 0.05) is 44.8 Å². The lowest BCUT2D eigenvalue weighted by Crippen LogP contribution is -2.49. The summed E-state index contributed by atoms with van der Waals surface area (Å²) in [6.45, 7) is 2.56. The molecule has 1 aliphatic rings. The largest absolute Gasteiger partial charge is 0.352 e. The van der Waals surface area contributed by atoms with Crippen LogP contribution in [0, 0.1) is 0 Å². The van der Waals surface area contributed by atoms with Crippen LogP contribution in [0.5, 0.6) is 0 Å². The van der Waals surface area contributed by atoms with Gasteiger partial charge >= 0.3 is 0 Å². The first-order valence-electron chi connectivity index (χ1n) is 11.2. The molecule has 9 nitrogen and oxygen atoms in total. The summed E-state index contributed by atoms with van der Waals surface area (Å²) in [5.41, 5.74) is 3.68. The molecule has 0 bridgehead atoms. The lowest BCUT2D eigenvalue weighted by atomic mass is 10.0. The number of fused-ring (bicyclic) bond motifs is 2. The second-order valence-corrected chi connectivity index (χ2v) is 8.27. The van der Waals surface area contributed by atoms with E-state index in [1.165, 1.54) is 0 Å². The van der Waals surface area contributed by atoms with E-state index in [0.29, 0.717) is 37.4 Å². The van der Waals surface area contributed by atoms with E-state index in [1.807, 2.05) is 60.5 Å². The second kappa shape index (κ2) is 8.18. The number of anilines is 1. The van der Waals surface area contributed by atoms with E-state index in [1.54, 1.807) is 23.4 Å². The number of rotatable bonds is 3. The highest BCUT2D eigenvalue weighted by Crippen LogP contribution is 2.27. The molecular formula is C25H22N8O. The molecule has 0 saturated carbocycles. The van der Waals surface area contributed by atoms with Crippen molar-refractivity contribution in [2.45, 2.75) is 0 Å². The van der Waals surface area contributed by atoms with Gasteiger partial charge in [-0.3, -0.25) is 14.5 Å². The fraction of sp³-hybridized carbons (Fsp3) is 0.200. The van der Waals surface area contributed by atoms with Crippen LogP contribution in [0.2, 0.25) is 0 Å². The van der Waals surface area contributed by atoms with E-state index in [2.05, 4.69) is 25.0 Å². The first-order valence-corrected chi connectivity index (χ1v) is 11.2. The predicted molar refractivity (Wildman–Crippen MR) is 129 cm³/mol. The summed E-state index contributed by atoms with van der Waals surface area (Å²) in [5, 5.41) is 6.08. The summed E-state index contributed by atoms with van der Waals surface area (Å²) in [6.07, 6.45) is 5.10. The summed E-state index contributed by atoms with van der Waals surface area (Å²) in [6, 6.07) is 15.3. The number of hydrogen-bond donors (Lipinski definition) is 0. The molecule has 34 heavy (non-hydrogen) atoms. The zero-order chi connectivity index (χ0) is 23.1. The Balaban J connectivity index is 1.29. The van der Waals surface area contributed by atoms with E-state index in [9.17, 15) is 4.79 Å². The minimum atomic E-state index is 0.00430. The molecule has 4 aromatic heterocycles. The van der Waals surface area contributed by atoms with Crippen LogP contribution in [0.3, 0.4) is 0 Å². The monoisotopic (exact) mass is 450 g/mol. The number of amides is 1. The van der Waals surface area contributed by atoms with E-state index in [4.69, 9.17) is 4.98 Å². The van der Waals surface area contributed by atoms with Crippen molar-refractivity contribution in [3.05, 3.63) is 72.8 Å². The van der Waals surface area contributed by atoms with Gasteiger partial charge in [0.15, 0.2) is 5.65 Å². The average Bonchev–Trinajstić information content (AvgIpc) is 3.29. The molecule has 5 heterocycles. The van der Waals surface area contributed by atoms with Gasteiger partial charge in [0.1, 0.15) is 12.1 Å². The fourth-order valence-corrected chi connectivity index (χ4v) is 4.49. The lowest BCUT2D eigenvalue weighted by Gasteiger charge is -2.35. The van der Waals surface area contributed by atoms with Crippen molar-refractivity contribution < 1.29 is 4.79 Å². The Morgan fingerprint density at radius 3 is 2.53 bits per heavy atom. The normalized spacial score (nSPS) is 14.1. The van der Waals surface area contributed by atoms with Gasteiger partial charge in [0.25, 0.3) is 5.91 Å². The number of nitrogens with zero attached hydrogens (tertiary/aromatic N) is 8. The van der Waals surface area contributed by atoms with Gasteiger partial charge < -0.3 is 9.80 Å². The molecule has 0 spiro atoms. The molecule has 0 atom stereocenters. The maximum atomic E-state index is 13.7. The molecule has 6 rings (SSSR count). The number of aromatic nitrogens is 6. The molecule has 0 unspecified atom stereocenters. The van der Waals surface area contributed by atoms with E-state index < -0.39 is 0 Å². The standard InChI is InChI=1S/C25H22N8O/c1-31-23-19(15-29-31)24(28-16-27-23)32-10-12-33(13-11-32)25(34)18-14-22(21-8-4-5-9-26-21)30-20-7-3-2-6-17(18)20/h2-9,14-16H,10-13H2,1H3. The Morgan fingerprint density at radius 2 is 1.71 bits per heavy atom. The molecular weight excluding hydrogens is 428 g/mol. The smallest absolute Gasteiger partial charge is 0.254 e. The second-order valence-electron chi connectivity index (χ2n) is 8.27. The Hall–Kier alpha value is -4.40. The van der Waals surface area contributed by atoms with E-state index >= 15 is 0 Å². The number of carbonyl (C=O) groups excluding carboxylic acids is 1. The molecule has 0 aliphatic carbocycles. The molecule has 5 aromatic rings. The highest BCUT2D eigenvalue weighted by atomic mass is 16.2. The fourth-order valence-electron chi connectivity index (χ4n) is 4.49. The number of carbonyl (C=O) groups is 1. The van der Waals surface area contributed by atoms with Crippen molar-refractivity contribution in [1.29, 1.82) is 0 Å². The molecule has 168 valence electrons. The molecule has 0 N–H and O–H groups in total. The topological polar surface area (TPSA) is 92.9 Å². The van der Waals surface area contributed by atoms with Crippen LogP contribution in [0.1, 0.15) is 10.4 Å². The molecule has 1 fully saturated rings. The van der Waals surface area contributed by atoms with Gasteiger partial charge in [-0.25, -0.2) is 15.0 Å². The van der Waals surface area contributed by atoms with Crippen LogP contribution in [0.4, 0.5) is 5.82 Å². The minimum Gasteiger partial charge on any atom is -0.352 e. The first kappa shape index (κ1) is 20.2. The van der Waals surface area contributed by atoms with Gasteiger partial charge in [-0.1, -0.05) is 24.3 Å². The maximum Gasteiger partial charge on any atom is 0.254 e. The Kier molecular flexibility index (Phi) is 4.87. The maximum absolute atomic E-state index is 13.7. The highest BCUT2D eigenvalue weighted by Gasteiger charge is 2.26. The van der Waals surface area contributed by atoms with Gasteiger partial charge in [0.05, 0.1) is 34.1 Å². The predicted octanol–water partition coefficient (Wildman–Crippen LogP) is 2.94. The van der Waals surface area contributed by atoms with Crippen LogP contribution in [-0.2, 0) is 7.05 Å². The zero-order valence-corrected chi connectivity index (χ0v) is 18.7. The number of para-hydroxylation sites is 1. The third-order valence-electron chi connectivity index (χ3n) is 6.25. The van der Waals surface area contributed by atoms with Crippen LogP contribution < -0.4 is 4.90 Å². The molecule has 9 heteroatoms. The lowest BCUT2D eigenvalue weighted by molar-refractivity contribution is 0.0748. The van der Waals surface area contributed by atoms with Crippen LogP contribution in [0.25, 0.3) is 33.3 Å². The van der Waals surface area contributed by atoms with Crippen molar-refractivity contribution >= 4 is 33.7 Å². The summed E-state index contributed by atoms with van der Waals surface area (Å²) in [5.74, 6) is 0.863. The summed E-state index contributed by atoms with van der Waals surface area (Å²) in [4.78, 5) is 35.8. The highest BCUT2D eigenvalue weighted by molar-refractivity contribution is 6.07. The SMILES string of the molecule is Cn1ncc2c(N3CCN(C(=O)c4cc(-c5ccccn5)nc5ccccc45)CC3)ncnc21. The summed E-state index contributed by atoms with van der Waals surface area (Å²) >= 11 is 0. The van der Waals surface area contributed by atoms with Crippen LogP contribution in [-0.4, -0.2) is 66.7 Å². The zero-order valence-electron chi connectivity index (χ0n) is 18.7. The van der Waals surface area contributed by atoms with Gasteiger partial charge in [-0.15, -0.1) is 0 Å². The van der Waals surface area contributed by atoms with Crippen molar-refractivity contribution in [1.82, 2.24) is 34.6 Å². The van der Waals surface area contributed by atoms with E-state index in [-0.39, 0.29) is 5.91 Å². The van der Waals surface area contributed by atoms with Gasteiger partial charge in [-0.2, -0.15) is 5.10 Å². The Morgan fingerprint density at radius 1 is 0.882 bits per heavy atom. The summed E-state index contributed by atoms with van der Waals surface area (Å²) < 4.78 is 1.74. The minimum absolute atomic E-state index is 0.00430. The molecule has 1 aromatic carbocycles. The quantitative estimate of drug-likeness (QED) is 0.417. The van der Waals surface area contributed by atoms with Crippen molar-refractivity contribution in [2.75, 3.05) is 31.1 Å². The Labute approximate surface area is 195 Å². The number of aryl methyl sites for hydroxylation is 1. The van der Waals surface area contributed by atoms with Crippen molar-refractivity contribution in [3.63, 3.8) is 0 Å². The molecule has 1 amide bonds. The van der Waals surface area contributed by atoms with Crippen molar-refractivity contribution in [3.8, 4) is 11.4 Å². The number of hydrogen-bond acceptors (Lipinski definition) is 7. The van der Waals surface area contributed by atoms with Crippen LogP contribution in [0.15, 0.2) is 67.3 Å². The van der Waals surface area contributed by atoms with E-state index in [0.717, 1.165) is 33.4 Å². The van der Waals surface area contributed by atoms with Crippen molar-refractivity contribution in [2.24, 2.45) is 7.05 Å². The molecule has 0 radical (unpaired) electrons. The molecule has 1 saturated heterocycles. The third-order valence-corrected chi connectivity index (χ3v) is 6.25. The summed E-state index contributed by atoms with van der Waals surface area (Å²) in [7, 11) is 1.87. The van der Waals surface area contributed by atoms with Gasteiger partial charge in [0.2, 0.25) is 0 Å². The molecule has 1 aliphatic heterocycles. The van der Waals surface area contributed by atoms with Gasteiger partial charge in [-0.05, 0) is 24.3 Å². The average molecular weight is 451 g/mol. The number of pyridine rings is 2. The number of benzene rings is 1. The number of piperazine rings is 1. The Bertz CT molecular complexity index is 1510. The van der Waals surface area contributed by atoms with Crippen LogP contribution >= 0.6 is 0 Å². The third kappa shape index (κ3) is 3.42. The first-order chi connectivity index (χ1) is 16.7.